The van der Waals surface area contributed by atoms with Crippen LogP contribution in [0.2, 0.25) is 0 Å². The van der Waals surface area contributed by atoms with Crippen LogP contribution >= 0.6 is 0 Å². The van der Waals surface area contributed by atoms with E-state index in [4.69, 9.17) is 10.2 Å². The quantitative estimate of drug-likeness (QED) is 0.872. The summed E-state index contributed by atoms with van der Waals surface area (Å²) in [5.41, 5.74) is 8.94. The number of anilines is 1. The summed E-state index contributed by atoms with van der Waals surface area (Å²) in [7, 11) is 0. The Hall–Kier alpha value is -1.77. The minimum Gasteiger partial charge on any atom is -0.423 e. The van der Waals surface area contributed by atoms with Crippen LogP contribution in [0, 0.1) is 6.92 Å². The molecule has 1 aromatic heterocycles. The van der Waals surface area contributed by atoms with Crippen LogP contribution in [0.25, 0.3) is 11.3 Å². The summed E-state index contributed by atoms with van der Waals surface area (Å²) in [6.45, 7) is 1.92. The maximum atomic E-state index is 5.59. The first-order chi connectivity index (χ1) is 9.24. The molecule has 1 fully saturated rings. The number of nitrogens with zero attached hydrogens (tertiary/aromatic N) is 1. The Bertz CT molecular complexity index is 551. The number of nitrogens with two attached hydrogens (primary N) is 1. The van der Waals surface area contributed by atoms with Crippen molar-refractivity contribution in [3.63, 3.8) is 0 Å². The van der Waals surface area contributed by atoms with E-state index in [1.54, 1.807) is 0 Å². The van der Waals surface area contributed by atoms with Gasteiger partial charge in [-0.3, -0.25) is 0 Å². The SMILES string of the molecule is Cc1nc(N)oc1-c1ccc(C2CCCCC2)cc1. The summed E-state index contributed by atoms with van der Waals surface area (Å²) >= 11 is 0. The summed E-state index contributed by atoms with van der Waals surface area (Å²) in [6.07, 6.45) is 6.78. The summed E-state index contributed by atoms with van der Waals surface area (Å²) < 4.78 is 5.45. The molecule has 1 heterocycles. The van der Waals surface area contributed by atoms with Crippen LogP contribution in [0.5, 0.6) is 0 Å². The smallest absolute Gasteiger partial charge is 0.292 e. The Morgan fingerprint density at radius 2 is 1.79 bits per heavy atom. The lowest BCUT2D eigenvalue weighted by molar-refractivity contribution is 0.443. The minimum absolute atomic E-state index is 0.240. The topological polar surface area (TPSA) is 52.0 Å². The van der Waals surface area contributed by atoms with Gasteiger partial charge in [-0.2, -0.15) is 4.98 Å². The first-order valence-electron chi connectivity index (χ1n) is 7.07. The number of hydrogen-bond donors (Lipinski definition) is 1. The number of benzene rings is 1. The lowest BCUT2D eigenvalue weighted by atomic mass is 9.84. The number of nitrogen functional groups attached to an aromatic ring is 1. The third kappa shape index (κ3) is 2.50. The summed E-state index contributed by atoms with van der Waals surface area (Å²) in [6, 6.07) is 8.93. The van der Waals surface area contributed by atoms with E-state index in [0.29, 0.717) is 0 Å². The molecule has 0 bridgehead atoms. The van der Waals surface area contributed by atoms with Crippen LogP contribution in [0.1, 0.15) is 49.3 Å². The van der Waals surface area contributed by atoms with Crippen molar-refractivity contribution < 1.29 is 4.42 Å². The van der Waals surface area contributed by atoms with Gasteiger partial charge in [0.1, 0.15) is 0 Å². The molecule has 2 aromatic rings. The number of oxazole rings is 1. The normalized spacial score (nSPS) is 16.7. The molecule has 0 spiro atoms. The van der Waals surface area contributed by atoms with Gasteiger partial charge in [0, 0.05) is 5.56 Å². The number of aromatic nitrogens is 1. The van der Waals surface area contributed by atoms with Gasteiger partial charge >= 0.3 is 0 Å². The van der Waals surface area contributed by atoms with Crippen LogP contribution in [-0.4, -0.2) is 4.98 Å². The van der Waals surface area contributed by atoms with E-state index in [0.717, 1.165) is 22.9 Å². The zero-order valence-corrected chi connectivity index (χ0v) is 11.4. The second kappa shape index (κ2) is 5.08. The number of rotatable bonds is 2. The number of aryl methyl sites for hydroxylation is 1. The van der Waals surface area contributed by atoms with Gasteiger partial charge < -0.3 is 10.2 Å². The van der Waals surface area contributed by atoms with Gasteiger partial charge in [0.2, 0.25) is 0 Å². The molecule has 0 atom stereocenters. The molecular weight excluding hydrogens is 236 g/mol. The molecule has 1 aliphatic carbocycles. The van der Waals surface area contributed by atoms with Crippen LogP contribution in [-0.2, 0) is 0 Å². The average Bonchev–Trinajstić information content (AvgIpc) is 2.79. The second-order valence-corrected chi connectivity index (χ2v) is 5.42. The third-order valence-corrected chi connectivity index (χ3v) is 4.06. The fourth-order valence-electron chi connectivity index (χ4n) is 3.03. The van der Waals surface area contributed by atoms with Gasteiger partial charge in [0.15, 0.2) is 5.76 Å². The molecule has 0 radical (unpaired) electrons. The maximum Gasteiger partial charge on any atom is 0.292 e. The van der Waals surface area contributed by atoms with Crippen LogP contribution in [0.4, 0.5) is 6.01 Å². The molecule has 0 saturated heterocycles. The first-order valence-corrected chi connectivity index (χ1v) is 7.07. The predicted molar refractivity (Wildman–Crippen MR) is 76.9 cm³/mol. The van der Waals surface area contributed by atoms with Crippen molar-refractivity contribution in [3.05, 3.63) is 35.5 Å². The Labute approximate surface area is 113 Å². The zero-order chi connectivity index (χ0) is 13.2. The van der Waals surface area contributed by atoms with E-state index >= 15 is 0 Å². The monoisotopic (exact) mass is 256 g/mol. The van der Waals surface area contributed by atoms with E-state index in [1.165, 1.54) is 37.7 Å². The van der Waals surface area contributed by atoms with Crippen molar-refractivity contribution in [2.24, 2.45) is 0 Å². The van der Waals surface area contributed by atoms with Crippen molar-refractivity contribution >= 4 is 6.01 Å². The summed E-state index contributed by atoms with van der Waals surface area (Å²) in [5.74, 6) is 1.52. The Balaban J connectivity index is 1.84. The molecule has 0 amide bonds. The predicted octanol–water partition coefficient (Wildman–Crippen LogP) is 4.28. The van der Waals surface area contributed by atoms with E-state index < -0.39 is 0 Å². The highest BCUT2D eigenvalue weighted by atomic mass is 16.4. The highest BCUT2D eigenvalue weighted by Crippen LogP contribution is 2.34. The molecule has 3 rings (SSSR count). The lowest BCUT2D eigenvalue weighted by Gasteiger charge is -2.21. The molecule has 2 N–H and O–H groups in total. The van der Waals surface area contributed by atoms with Crippen molar-refractivity contribution in [1.82, 2.24) is 4.98 Å². The summed E-state index contributed by atoms with van der Waals surface area (Å²) in [5, 5.41) is 0. The number of hydrogen-bond acceptors (Lipinski definition) is 3. The standard InChI is InChI=1S/C16H20N2O/c1-11-15(19-16(17)18-11)14-9-7-13(8-10-14)12-5-3-2-4-6-12/h7-10,12H,2-6H2,1H3,(H2,17,18). The van der Waals surface area contributed by atoms with Crippen LogP contribution in [0.15, 0.2) is 28.7 Å². The molecular formula is C16H20N2O. The second-order valence-electron chi connectivity index (χ2n) is 5.42. The minimum atomic E-state index is 0.240. The first kappa shape index (κ1) is 12.3. The van der Waals surface area contributed by atoms with Crippen LogP contribution < -0.4 is 5.73 Å². The molecule has 3 heteroatoms. The Morgan fingerprint density at radius 3 is 2.37 bits per heavy atom. The van der Waals surface area contributed by atoms with E-state index in [1.807, 2.05) is 6.92 Å². The van der Waals surface area contributed by atoms with E-state index in [-0.39, 0.29) is 6.01 Å². The molecule has 1 aromatic carbocycles. The molecule has 1 aliphatic rings. The fourth-order valence-corrected chi connectivity index (χ4v) is 3.03. The molecule has 19 heavy (non-hydrogen) atoms. The van der Waals surface area contributed by atoms with Gasteiger partial charge in [-0.25, -0.2) is 0 Å². The highest BCUT2D eigenvalue weighted by molar-refractivity contribution is 5.61. The molecule has 100 valence electrons. The van der Waals surface area contributed by atoms with Gasteiger partial charge in [0.05, 0.1) is 5.69 Å². The Kier molecular flexibility index (Phi) is 3.28. The van der Waals surface area contributed by atoms with E-state index in [2.05, 4.69) is 29.2 Å². The van der Waals surface area contributed by atoms with Crippen molar-refractivity contribution in [1.29, 1.82) is 0 Å². The maximum absolute atomic E-state index is 5.59. The molecule has 3 nitrogen and oxygen atoms in total. The van der Waals surface area contributed by atoms with Crippen molar-refractivity contribution in [2.75, 3.05) is 5.73 Å². The van der Waals surface area contributed by atoms with Gasteiger partial charge in [-0.15, -0.1) is 0 Å². The molecule has 1 saturated carbocycles. The van der Waals surface area contributed by atoms with Crippen molar-refractivity contribution in [3.8, 4) is 11.3 Å². The fraction of sp³-hybridized carbons (Fsp3) is 0.438. The van der Waals surface area contributed by atoms with Crippen LogP contribution in [0.3, 0.4) is 0 Å². The average molecular weight is 256 g/mol. The molecule has 0 unspecified atom stereocenters. The van der Waals surface area contributed by atoms with Crippen molar-refractivity contribution in [2.45, 2.75) is 44.9 Å². The zero-order valence-electron chi connectivity index (χ0n) is 11.4. The highest BCUT2D eigenvalue weighted by Gasteiger charge is 2.16. The van der Waals surface area contributed by atoms with Gasteiger partial charge in [-0.1, -0.05) is 43.5 Å². The summed E-state index contributed by atoms with van der Waals surface area (Å²) in [4.78, 5) is 4.11. The Morgan fingerprint density at radius 1 is 1.11 bits per heavy atom. The van der Waals surface area contributed by atoms with Gasteiger partial charge in [-0.05, 0) is 31.2 Å². The van der Waals surface area contributed by atoms with Gasteiger partial charge in [0.25, 0.3) is 6.01 Å². The largest absolute Gasteiger partial charge is 0.423 e. The molecule has 0 aliphatic heterocycles. The third-order valence-electron chi connectivity index (χ3n) is 4.06. The lowest BCUT2D eigenvalue weighted by Crippen LogP contribution is -2.04. The van der Waals surface area contributed by atoms with E-state index in [9.17, 15) is 0 Å².